The Morgan fingerprint density at radius 1 is 1.11 bits per heavy atom. The fourth-order valence-corrected chi connectivity index (χ4v) is 3.40. The van der Waals surface area contributed by atoms with Crippen molar-refractivity contribution in [3.05, 3.63) is 65.2 Å². The molecular formula is C22H16N4O. The third-order valence-electron chi connectivity index (χ3n) is 5.02. The van der Waals surface area contributed by atoms with E-state index >= 15 is 0 Å². The number of carbonyl (C=O) groups is 1. The van der Waals surface area contributed by atoms with Gasteiger partial charge in [-0.05, 0) is 30.7 Å². The van der Waals surface area contributed by atoms with Crippen LogP contribution in [0.3, 0.4) is 0 Å². The number of benzene rings is 2. The van der Waals surface area contributed by atoms with Gasteiger partial charge in [0.1, 0.15) is 6.07 Å². The first-order chi connectivity index (χ1) is 13.1. The molecule has 27 heavy (non-hydrogen) atoms. The topological polar surface area (TPSA) is 80.8 Å². The number of rotatable bonds is 2. The van der Waals surface area contributed by atoms with E-state index in [1.165, 1.54) is 0 Å². The summed E-state index contributed by atoms with van der Waals surface area (Å²) < 4.78 is 0. The molecule has 0 bridgehead atoms. The number of fused-ring (bicyclic) bond motifs is 1. The Hall–Kier alpha value is -3.70. The minimum atomic E-state index is -0.0730. The lowest BCUT2D eigenvalue weighted by atomic mass is 9.97. The molecule has 130 valence electrons. The van der Waals surface area contributed by atoms with Crippen LogP contribution in [0.15, 0.2) is 48.5 Å². The molecule has 4 rings (SSSR count). The molecule has 1 aromatic heterocycles. The van der Waals surface area contributed by atoms with Crippen LogP contribution >= 0.6 is 0 Å². The molecule has 1 amide bonds. The molecule has 0 aliphatic carbocycles. The SMILES string of the molecule is Cc1c(C#N)c(-c2ccc(C(=O)N3CC(C#N)C3)cc2)nc2ccccc12. The number of amides is 1. The van der Waals surface area contributed by atoms with Crippen LogP contribution in [0.2, 0.25) is 0 Å². The predicted octanol–water partition coefficient (Wildman–Crippen LogP) is 3.68. The van der Waals surface area contributed by atoms with Crippen molar-refractivity contribution in [3.8, 4) is 23.4 Å². The molecule has 0 atom stereocenters. The lowest BCUT2D eigenvalue weighted by Crippen LogP contribution is -2.49. The van der Waals surface area contributed by atoms with Crippen molar-refractivity contribution in [1.29, 1.82) is 10.5 Å². The van der Waals surface area contributed by atoms with Gasteiger partial charge in [0, 0.05) is 29.6 Å². The van der Waals surface area contributed by atoms with E-state index in [-0.39, 0.29) is 11.8 Å². The highest BCUT2D eigenvalue weighted by Crippen LogP contribution is 2.29. The van der Waals surface area contributed by atoms with Crippen LogP contribution in [0.5, 0.6) is 0 Å². The first kappa shape index (κ1) is 16.8. The number of pyridine rings is 1. The van der Waals surface area contributed by atoms with Gasteiger partial charge in [0.2, 0.25) is 0 Å². The van der Waals surface area contributed by atoms with Crippen molar-refractivity contribution in [3.63, 3.8) is 0 Å². The Kier molecular flexibility index (Phi) is 4.06. The van der Waals surface area contributed by atoms with Crippen LogP contribution in [-0.4, -0.2) is 28.9 Å². The summed E-state index contributed by atoms with van der Waals surface area (Å²) in [4.78, 5) is 18.8. The van der Waals surface area contributed by atoms with Crippen molar-refractivity contribution in [2.45, 2.75) is 6.92 Å². The van der Waals surface area contributed by atoms with Crippen molar-refractivity contribution in [2.24, 2.45) is 5.92 Å². The Balaban J connectivity index is 1.70. The van der Waals surface area contributed by atoms with Gasteiger partial charge < -0.3 is 4.90 Å². The zero-order chi connectivity index (χ0) is 19.0. The summed E-state index contributed by atoms with van der Waals surface area (Å²) in [6.07, 6.45) is 0. The lowest BCUT2D eigenvalue weighted by molar-refractivity contribution is 0.0577. The molecule has 5 heteroatoms. The second-order valence-electron chi connectivity index (χ2n) is 6.70. The van der Waals surface area contributed by atoms with E-state index in [1.807, 2.05) is 43.3 Å². The summed E-state index contributed by atoms with van der Waals surface area (Å²) in [5.41, 5.74) is 4.30. The number of hydrogen-bond donors (Lipinski definition) is 0. The van der Waals surface area contributed by atoms with Gasteiger partial charge in [0.25, 0.3) is 5.91 Å². The molecule has 0 unspecified atom stereocenters. The highest BCUT2D eigenvalue weighted by atomic mass is 16.2. The van der Waals surface area contributed by atoms with E-state index in [1.54, 1.807) is 17.0 Å². The number of likely N-dealkylation sites (tertiary alicyclic amines) is 1. The van der Waals surface area contributed by atoms with Crippen LogP contribution < -0.4 is 0 Å². The lowest BCUT2D eigenvalue weighted by Gasteiger charge is -2.35. The summed E-state index contributed by atoms with van der Waals surface area (Å²) in [6.45, 7) is 2.90. The third-order valence-corrected chi connectivity index (χ3v) is 5.02. The highest BCUT2D eigenvalue weighted by Gasteiger charge is 2.31. The predicted molar refractivity (Wildman–Crippen MR) is 102 cm³/mol. The number of aromatic nitrogens is 1. The number of nitrogens with zero attached hydrogens (tertiary/aromatic N) is 4. The second-order valence-corrected chi connectivity index (χ2v) is 6.70. The molecule has 3 aromatic rings. The number of nitriles is 2. The molecule has 0 saturated carbocycles. The standard InChI is InChI=1S/C22H16N4O/c1-14-18-4-2-3-5-20(18)25-21(19(14)11-24)16-6-8-17(9-7-16)22(27)26-12-15(10-23)13-26/h2-9,15H,12-13H2,1H3. The van der Waals surface area contributed by atoms with E-state index in [9.17, 15) is 10.1 Å². The number of carbonyl (C=O) groups excluding carboxylic acids is 1. The van der Waals surface area contributed by atoms with E-state index in [0.717, 1.165) is 22.0 Å². The molecule has 0 N–H and O–H groups in total. The zero-order valence-corrected chi connectivity index (χ0v) is 14.8. The highest BCUT2D eigenvalue weighted by molar-refractivity contribution is 5.95. The summed E-state index contributed by atoms with van der Waals surface area (Å²) in [5.74, 6) is -0.132. The minimum Gasteiger partial charge on any atom is -0.336 e. The third kappa shape index (κ3) is 2.80. The molecule has 0 spiro atoms. The van der Waals surface area contributed by atoms with E-state index in [4.69, 9.17) is 5.26 Å². The number of hydrogen-bond acceptors (Lipinski definition) is 4. The largest absolute Gasteiger partial charge is 0.336 e. The molecule has 2 aromatic carbocycles. The maximum Gasteiger partial charge on any atom is 0.253 e. The van der Waals surface area contributed by atoms with Gasteiger partial charge in [-0.15, -0.1) is 0 Å². The molecule has 0 radical (unpaired) electrons. The van der Waals surface area contributed by atoms with E-state index in [0.29, 0.717) is 29.9 Å². The average molecular weight is 352 g/mol. The fraction of sp³-hybridized carbons (Fsp3) is 0.182. The molecule has 1 aliphatic rings. The van der Waals surface area contributed by atoms with Crippen molar-refractivity contribution in [1.82, 2.24) is 9.88 Å². The van der Waals surface area contributed by atoms with E-state index in [2.05, 4.69) is 17.1 Å². The quantitative estimate of drug-likeness (QED) is 0.704. The first-order valence-corrected chi connectivity index (χ1v) is 8.71. The Labute approximate surface area is 157 Å². The maximum atomic E-state index is 12.4. The van der Waals surface area contributed by atoms with Crippen LogP contribution in [0, 0.1) is 35.5 Å². The minimum absolute atomic E-state index is 0.0591. The number of para-hydroxylation sites is 1. The molecular weight excluding hydrogens is 336 g/mol. The monoisotopic (exact) mass is 352 g/mol. The summed E-state index contributed by atoms with van der Waals surface area (Å²) in [7, 11) is 0. The van der Waals surface area contributed by atoms with Crippen LogP contribution in [0.1, 0.15) is 21.5 Å². The van der Waals surface area contributed by atoms with Gasteiger partial charge in [-0.1, -0.05) is 30.3 Å². The Morgan fingerprint density at radius 2 is 1.81 bits per heavy atom. The van der Waals surface area contributed by atoms with Gasteiger partial charge in [-0.25, -0.2) is 4.98 Å². The average Bonchev–Trinajstić information content (AvgIpc) is 2.67. The molecule has 5 nitrogen and oxygen atoms in total. The Bertz CT molecular complexity index is 1130. The summed E-state index contributed by atoms with van der Waals surface area (Å²) >= 11 is 0. The van der Waals surface area contributed by atoms with Crippen molar-refractivity contribution < 1.29 is 4.79 Å². The fourth-order valence-electron chi connectivity index (χ4n) is 3.40. The summed E-state index contributed by atoms with van der Waals surface area (Å²) in [5, 5.41) is 19.5. The van der Waals surface area contributed by atoms with Gasteiger partial charge >= 0.3 is 0 Å². The molecule has 1 saturated heterocycles. The molecule has 2 heterocycles. The second kappa shape index (κ2) is 6.55. The van der Waals surface area contributed by atoms with Crippen molar-refractivity contribution in [2.75, 3.05) is 13.1 Å². The van der Waals surface area contributed by atoms with Crippen molar-refractivity contribution >= 4 is 16.8 Å². The van der Waals surface area contributed by atoms with Gasteiger partial charge in [-0.2, -0.15) is 10.5 Å². The normalized spacial score (nSPS) is 13.7. The molecule has 1 aliphatic heterocycles. The van der Waals surface area contributed by atoms with Crippen LogP contribution in [0.4, 0.5) is 0 Å². The maximum absolute atomic E-state index is 12.4. The Morgan fingerprint density at radius 3 is 2.48 bits per heavy atom. The first-order valence-electron chi connectivity index (χ1n) is 8.71. The summed E-state index contributed by atoms with van der Waals surface area (Å²) in [6, 6.07) is 19.4. The van der Waals surface area contributed by atoms with Crippen LogP contribution in [-0.2, 0) is 0 Å². The zero-order valence-electron chi connectivity index (χ0n) is 14.8. The van der Waals surface area contributed by atoms with E-state index < -0.39 is 0 Å². The van der Waals surface area contributed by atoms with Gasteiger partial charge in [-0.3, -0.25) is 4.79 Å². The van der Waals surface area contributed by atoms with Gasteiger partial charge in [0.05, 0.1) is 28.8 Å². The van der Waals surface area contributed by atoms with Gasteiger partial charge in [0.15, 0.2) is 0 Å². The van der Waals surface area contributed by atoms with Crippen LogP contribution in [0.25, 0.3) is 22.2 Å². The smallest absolute Gasteiger partial charge is 0.253 e. The molecule has 1 fully saturated rings. The number of aryl methyl sites for hydroxylation is 1.